The number of hydrogen-bond donors (Lipinski definition) is 1. The summed E-state index contributed by atoms with van der Waals surface area (Å²) in [5, 5.41) is 2.51. The van der Waals surface area contributed by atoms with Gasteiger partial charge in [-0.2, -0.15) is 0 Å². The standard InChI is InChI=1S/C12H15N3O2/c1-8-4-9(2)6-10(5-8)7-15-12(17)14(3)11(16)13-15/h4-6H,7H2,1-3H3,(H,13,16). The second-order valence-electron chi connectivity index (χ2n) is 4.34. The Kier molecular flexibility index (Phi) is 2.75. The Morgan fingerprint density at radius 1 is 1.12 bits per heavy atom. The summed E-state index contributed by atoms with van der Waals surface area (Å²) in [6, 6.07) is 6.08. The van der Waals surface area contributed by atoms with E-state index in [4.69, 9.17) is 0 Å². The molecule has 0 saturated carbocycles. The van der Waals surface area contributed by atoms with Crippen molar-refractivity contribution in [1.82, 2.24) is 14.3 Å². The minimum Gasteiger partial charge on any atom is -0.246 e. The number of aryl methyl sites for hydroxylation is 2. The van der Waals surface area contributed by atoms with E-state index in [-0.39, 0.29) is 11.4 Å². The highest BCUT2D eigenvalue weighted by Gasteiger charge is 2.05. The average molecular weight is 233 g/mol. The lowest BCUT2D eigenvalue weighted by Crippen LogP contribution is -2.26. The zero-order valence-corrected chi connectivity index (χ0v) is 10.2. The first-order valence-corrected chi connectivity index (χ1v) is 5.40. The maximum absolute atomic E-state index is 11.7. The molecule has 0 aliphatic heterocycles. The van der Waals surface area contributed by atoms with Gasteiger partial charge in [0.2, 0.25) is 0 Å². The lowest BCUT2D eigenvalue weighted by molar-refractivity contribution is 0.645. The van der Waals surface area contributed by atoms with E-state index >= 15 is 0 Å². The van der Waals surface area contributed by atoms with Crippen LogP contribution in [0.4, 0.5) is 0 Å². The van der Waals surface area contributed by atoms with Gasteiger partial charge in [0.15, 0.2) is 0 Å². The molecule has 0 atom stereocenters. The zero-order valence-electron chi connectivity index (χ0n) is 10.2. The van der Waals surface area contributed by atoms with Crippen molar-refractivity contribution in [3.05, 3.63) is 55.9 Å². The number of hydrogen-bond acceptors (Lipinski definition) is 2. The van der Waals surface area contributed by atoms with Gasteiger partial charge in [-0.05, 0) is 19.4 Å². The van der Waals surface area contributed by atoms with Crippen LogP contribution in [0.5, 0.6) is 0 Å². The summed E-state index contributed by atoms with van der Waals surface area (Å²) >= 11 is 0. The predicted molar refractivity (Wildman–Crippen MR) is 65.3 cm³/mol. The van der Waals surface area contributed by atoms with Gasteiger partial charge >= 0.3 is 11.4 Å². The third kappa shape index (κ3) is 2.22. The number of aromatic nitrogens is 3. The van der Waals surface area contributed by atoms with Crippen molar-refractivity contribution >= 4 is 0 Å². The highest BCUT2D eigenvalue weighted by atomic mass is 16.2. The Morgan fingerprint density at radius 3 is 2.18 bits per heavy atom. The van der Waals surface area contributed by atoms with Crippen LogP contribution in [0.1, 0.15) is 16.7 Å². The lowest BCUT2D eigenvalue weighted by Gasteiger charge is -2.04. The maximum Gasteiger partial charge on any atom is 0.346 e. The van der Waals surface area contributed by atoms with E-state index < -0.39 is 0 Å². The van der Waals surface area contributed by atoms with Crippen LogP contribution in [0.2, 0.25) is 0 Å². The zero-order chi connectivity index (χ0) is 12.6. The molecule has 90 valence electrons. The molecule has 1 N–H and O–H groups in total. The van der Waals surface area contributed by atoms with E-state index in [1.165, 1.54) is 11.7 Å². The third-order valence-electron chi connectivity index (χ3n) is 2.68. The van der Waals surface area contributed by atoms with E-state index in [1.807, 2.05) is 26.0 Å². The molecule has 0 radical (unpaired) electrons. The SMILES string of the molecule is Cc1cc(C)cc(Cn2[nH]c(=O)n(C)c2=O)c1. The molecular weight excluding hydrogens is 218 g/mol. The molecule has 0 bridgehead atoms. The van der Waals surface area contributed by atoms with Gasteiger partial charge < -0.3 is 0 Å². The average Bonchev–Trinajstić information content (AvgIpc) is 2.45. The second kappa shape index (κ2) is 4.08. The molecule has 2 rings (SSSR count). The summed E-state index contributed by atoms with van der Waals surface area (Å²) in [6.45, 7) is 4.40. The Hall–Kier alpha value is -2.04. The monoisotopic (exact) mass is 233 g/mol. The molecule has 1 aromatic heterocycles. The summed E-state index contributed by atoms with van der Waals surface area (Å²) in [5.74, 6) is 0. The molecule has 0 unspecified atom stereocenters. The van der Waals surface area contributed by atoms with Crippen LogP contribution in [0.25, 0.3) is 0 Å². The van der Waals surface area contributed by atoms with E-state index in [0.717, 1.165) is 21.3 Å². The topological polar surface area (TPSA) is 59.8 Å². The molecule has 0 amide bonds. The summed E-state index contributed by atoms with van der Waals surface area (Å²) in [6.07, 6.45) is 0. The normalized spacial score (nSPS) is 10.8. The van der Waals surface area contributed by atoms with Crippen molar-refractivity contribution in [3.63, 3.8) is 0 Å². The van der Waals surface area contributed by atoms with Crippen LogP contribution in [0.3, 0.4) is 0 Å². The molecular formula is C12H15N3O2. The first kappa shape index (κ1) is 11.4. The fourth-order valence-corrected chi connectivity index (χ4v) is 1.96. The third-order valence-corrected chi connectivity index (χ3v) is 2.68. The van der Waals surface area contributed by atoms with E-state index in [0.29, 0.717) is 6.54 Å². The fraction of sp³-hybridized carbons (Fsp3) is 0.333. The molecule has 0 spiro atoms. The molecule has 5 heteroatoms. The van der Waals surface area contributed by atoms with Gasteiger partial charge in [-0.25, -0.2) is 23.9 Å². The van der Waals surface area contributed by atoms with E-state index in [2.05, 4.69) is 11.2 Å². The highest BCUT2D eigenvalue weighted by Crippen LogP contribution is 2.09. The predicted octanol–water partition coefficient (Wildman–Crippen LogP) is 0.540. The van der Waals surface area contributed by atoms with Gasteiger partial charge in [0, 0.05) is 7.05 Å². The summed E-state index contributed by atoms with van der Waals surface area (Å²) in [4.78, 5) is 22.9. The van der Waals surface area contributed by atoms with Crippen molar-refractivity contribution in [2.75, 3.05) is 0 Å². The van der Waals surface area contributed by atoms with Crippen molar-refractivity contribution < 1.29 is 0 Å². The Labute approximate surface area is 98.3 Å². The van der Waals surface area contributed by atoms with Crippen LogP contribution >= 0.6 is 0 Å². The van der Waals surface area contributed by atoms with Gasteiger partial charge in [0.05, 0.1) is 6.54 Å². The number of nitrogens with zero attached hydrogens (tertiary/aromatic N) is 2. The van der Waals surface area contributed by atoms with Gasteiger partial charge in [-0.15, -0.1) is 0 Å². The van der Waals surface area contributed by atoms with Crippen LogP contribution in [0.15, 0.2) is 27.8 Å². The van der Waals surface area contributed by atoms with Crippen molar-refractivity contribution in [2.45, 2.75) is 20.4 Å². The van der Waals surface area contributed by atoms with Crippen LogP contribution in [0, 0.1) is 13.8 Å². The van der Waals surface area contributed by atoms with E-state index in [9.17, 15) is 9.59 Å². The van der Waals surface area contributed by atoms with Crippen LogP contribution in [-0.2, 0) is 13.6 Å². The molecule has 1 aromatic carbocycles. The smallest absolute Gasteiger partial charge is 0.246 e. The quantitative estimate of drug-likeness (QED) is 0.823. The molecule has 2 aromatic rings. The Morgan fingerprint density at radius 2 is 1.71 bits per heavy atom. The largest absolute Gasteiger partial charge is 0.346 e. The molecule has 0 saturated heterocycles. The van der Waals surface area contributed by atoms with E-state index in [1.54, 1.807) is 0 Å². The fourth-order valence-electron chi connectivity index (χ4n) is 1.96. The molecule has 5 nitrogen and oxygen atoms in total. The minimum atomic E-state index is -0.389. The summed E-state index contributed by atoms with van der Waals surface area (Å²) in [5.41, 5.74) is 2.58. The molecule has 1 heterocycles. The number of nitrogens with one attached hydrogen (secondary N) is 1. The molecule has 0 aliphatic rings. The van der Waals surface area contributed by atoms with Crippen molar-refractivity contribution in [3.8, 4) is 0 Å². The van der Waals surface area contributed by atoms with Gasteiger partial charge in [-0.3, -0.25) is 0 Å². The van der Waals surface area contributed by atoms with Gasteiger partial charge in [-0.1, -0.05) is 29.3 Å². The molecule has 17 heavy (non-hydrogen) atoms. The summed E-state index contributed by atoms with van der Waals surface area (Å²) in [7, 11) is 1.46. The Balaban J connectivity index is 2.41. The molecule has 0 fully saturated rings. The number of aromatic amines is 1. The lowest BCUT2D eigenvalue weighted by atomic mass is 10.1. The first-order chi connectivity index (χ1) is 7.97. The Bertz CT molecular complexity index is 641. The number of H-pyrrole nitrogens is 1. The van der Waals surface area contributed by atoms with Gasteiger partial charge in [0.1, 0.15) is 0 Å². The highest BCUT2D eigenvalue weighted by molar-refractivity contribution is 5.28. The number of rotatable bonds is 2. The van der Waals surface area contributed by atoms with Crippen molar-refractivity contribution in [1.29, 1.82) is 0 Å². The maximum atomic E-state index is 11.7. The van der Waals surface area contributed by atoms with Crippen molar-refractivity contribution in [2.24, 2.45) is 7.05 Å². The molecule has 0 aliphatic carbocycles. The first-order valence-electron chi connectivity index (χ1n) is 5.40. The minimum absolute atomic E-state index is 0.325. The van der Waals surface area contributed by atoms with Gasteiger partial charge in [0.25, 0.3) is 0 Å². The number of benzene rings is 1. The summed E-state index contributed by atoms with van der Waals surface area (Å²) < 4.78 is 2.37. The second-order valence-corrected chi connectivity index (χ2v) is 4.34. The van der Waals surface area contributed by atoms with Crippen LogP contribution in [-0.4, -0.2) is 14.3 Å². The van der Waals surface area contributed by atoms with Crippen LogP contribution < -0.4 is 11.4 Å².